The highest BCUT2D eigenvalue weighted by molar-refractivity contribution is 5.50. The van der Waals surface area contributed by atoms with Gasteiger partial charge in [0.15, 0.2) is 5.92 Å². The van der Waals surface area contributed by atoms with Gasteiger partial charge in [-0.1, -0.05) is 36.4 Å². The molecule has 19 heavy (non-hydrogen) atoms. The second kappa shape index (κ2) is 5.64. The van der Waals surface area contributed by atoms with Gasteiger partial charge >= 0.3 is 12.4 Å². The van der Waals surface area contributed by atoms with E-state index in [2.05, 4.69) is 0 Å². The maximum absolute atomic E-state index is 12.5. The van der Waals surface area contributed by atoms with E-state index in [0.29, 0.717) is 5.56 Å². The Labute approximate surface area is 105 Å². The number of nitrogens with two attached hydrogens (primary N) is 1. The third-order valence-corrected chi connectivity index (χ3v) is 2.37. The van der Waals surface area contributed by atoms with Crippen LogP contribution in [0.4, 0.5) is 26.3 Å². The van der Waals surface area contributed by atoms with E-state index in [0.717, 1.165) is 12.1 Å². The smallest absolute Gasteiger partial charge is 0.327 e. The number of benzene rings is 1. The molecule has 0 unspecified atom stereocenters. The monoisotopic (exact) mass is 283 g/mol. The average Bonchev–Trinajstić information content (AvgIpc) is 2.24. The van der Waals surface area contributed by atoms with Gasteiger partial charge in [0.1, 0.15) is 0 Å². The van der Waals surface area contributed by atoms with E-state index in [1.54, 1.807) is 6.08 Å². The predicted molar refractivity (Wildman–Crippen MR) is 59.4 cm³/mol. The average molecular weight is 283 g/mol. The molecule has 0 radical (unpaired) electrons. The molecule has 2 N–H and O–H groups in total. The summed E-state index contributed by atoms with van der Waals surface area (Å²) >= 11 is 0. The molecule has 7 heteroatoms. The van der Waals surface area contributed by atoms with Crippen molar-refractivity contribution in [1.29, 1.82) is 0 Å². The van der Waals surface area contributed by atoms with Crippen LogP contribution in [-0.2, 0) is 0 Å². The van der Waals surface area contributed by atoms with E-state index >= 15 is 0 Å². The van der Waals surface area contributed by atoms with Crippen LogP contribution >= 0.6 is 0 Å². The molecule has 1 aromatic carbocycles. The Bertz CT molecular complexity index is 415. The van der Waals surface area contributed by atoms with Crippen molar-refractivity contribution in [3.05, 3.63) is 41.5 Å². The van der Waals surface area contributed by atoms with Crippen molar-refractivity contribution >= 4 is 6.08 Å². The Morgan fingerprint density at radius 1 is 0.947 bits per heavy atom. The van der Waals surface area contributed by atoms with Crippen molar-refractivity contribution in [2.75, 3.05) is 6.54 Å². The van der Waals surface area contributed by atoms with Crippen LogP contribution in [0.2, 0.25) is 0 Å². The Kier molecular flexibility index (Phi) is 4.62. The van der Waals surface area contributed by atoms with Gasteiger partial charge in [-0.05, 0) is 11.1 Å². The van der Waals surface area contributed by atoms with E-state index < -0.39 is 23.8 Å². The van der Waals surface area contributed by atoms with Crippen LogP contribution in [0.25, 0.3) is 6.08 Å². The SMILES string of the molecule is NC/C=C/c1ccc(C(C(F)(F)F)C(F)(F)F)cc1. The van der Waals surface area contributed by atoms with Crippen LogP contribution in [0.3, 0.4) is 0 Å². The molecule has 0 amide bonds. The van der Waals surface area contributed by atoms with Gasteiger partial charge in [0.2, 0.25) is 0 Å². The molecule has 0 aliphatic rings. The van der Waals surface area contributed by atoms with Gasteiger partial charge in [0, 0.05) is 6.54 Å². The summed E-state index contributed by atoms with van der Waals surface area (Å²) in [5, 5.41) is 0. The van der Waals surface area contributed by atoms with Crippen LogP contribution in [-0.4, -0.2) is 18.9 Å². The molecular formula is C12H11F6N. The first-order valence-corrected chi connectivity index (χ1v) is 5.26. The van der Waals surface area contributed by atoms with Gasteiger partial charge in [0.25, 0.3) is 0 Å². The molecule has 1 rings (SSSR count). The molecule has 0 fully saturated rings. The Morgan fingerprint density at radius 3 is 1.79 bits per heavy atom. The molecule has 1 aromatic rings. The Morgan fingerprint density at radius 2 is 1.42 bits per heavy atom. The number of hydrogen-bond acceptors (Lipinski definition) is 1. The topological polar surface area (TPSA) is 26.0 Å². The predicted octanol–water partition coefficient (Wildman–Crippen LogP) is 3.87. The fraction of sp³-hybridized carbons (Fsp3) is 0.333. The largest absolute Gasteiger partial charge is 0.404 e. The summed E-state index contributed by atoms with van der Waals surface area (Å²) in [6.45, 7) is 0.232. The molecular weight excluding hydrogens is 272 g/mol. The number of halogens is 6. The molecule has 0 heterocycles. The number of alkyl halides is 6. The van der Waals surface area contributed by atoms with Crippen molar-refractivity contribution in [2.24, 2.45) is 5.73 Å². The molecule has 0 saturated heterocycles. The van der Waals surface area contributed by atoms with Crippen molar-refractivity contribution < 1.29 is 26.3 Å². The van der Waals surface area contributed by atoms with Crippen LogP contribution in [0.5, 0.6) is 0 Å². The van der Waals surface area contributed by atoms with Gasteiger partial charge in [-0.2, -0.15) is 26.3 Å². The van der Waals surface area contributed by atoms with E-state index in [1.807, 2.05) is 0 Å². The highest BCUT2D eigenvalue weighted by Gasteiger charge is 2.57. The summed E-state index contributed by atoms with van der Waals surface area (Å²) < 4.78 is 74.7. The molecule has 0 saturated carbocycles. The summed E-state index contributed by atoms with van der Waals surface area (Å²) in [6.07, 6.45) is -7.68. The van der Waals surface area contributed by atoms with Crippen LogP contribution < -0.4 is 5.73 Å². The van der Waals surface area contributed by atoms with Gasteiger partial charge in [0.05, 0.1) is 0 Å². The normalized spacial score (nSPS) is 13.5. The third kappa shape index (κ3) is 4.27. The summed E-state index contributed by atoms with van der Waals surface area (Å²) in [5.74, 6) is -3.47. The van der Waals surface area contributed by atoms with E-state index in [1.165, 1.54) is 18.2 Å². The first kappa shape index (κ1) is 15.6. The van der Waals surface area contributed by atoms with Crippen LogP contribution in [0, 0.1) is 0 Å². The van der Waals surface area contributed by atoms with Crippen molar-refractivity contribution in [3.8, 4) is 0 Å². The Balaban J connectivity index is 3.09. The lowest BCUT2D eigenvalue weighted by Crippen LogP contribution is -2.34. The second-order valence-electron chi connectivity index (χ2n) is 3.82. The summed E-state index contributed by atoms with van der Waals surface area (Å²) in [7, 11) is 0. The van der Waals surface area contributed by atoms with E-state index in [4.69, 9.17) is 5.73 Å². The summed E-state index contributed by atoms with van der Waals surface area (Å²) in [5.41, 5.74) is 4.84. The highest BCUT2D eigenvalue weighted by atomic mass is 19.4. The standard InChI is InChI=1S/C12H11F6N/c13-11(14,15)10(12(16,17)18)9-5-3-8(4-6-9)2-1-7-19/h1-6,10H,7,19H2/b2-1+. The van der Waals surface area contributed by atoms with Crippen LogP contribution in [0.15, 0.2) is 30.3 Å². The highest BCUT2D eigenvalue weighted by Crippen LogP contribution is 2.46. The van der Waals surface area contributed by atoms with Gasteiger partial charge in [-0.3, -0.25) is 0 Å². The number of rotatable bonds is 3. The molecule has 0 aliphatic heterocycles. The number of hydrogen-bond donors (Lipinski definition) is 1. The van der Waals surface area contributed by atoms with Crippen molar-refractivity contribution in [3.63, 3.8) is 0 Å². The Hall–Kier alpha value is -1.50. The molecule has 0 bridgehead atoms. The zero-order chi connectivity index (χ0) is 14.7. The zero-order valence-electron chi connectivity index (χ0n) is 9.59. The zero-order valence-corrected chi connectivity index (χ0v) is 9.59. The molecule has 0 aromatic heterocycles. The molecule has 0 atom stereocenters. The van der Waals surface area contributed by atoms with Gasteiger partial charge in [-0.25, -0.2) is 0 Å². The second-order valence-corrected chi connectivity index (χ2v) is 3.82. The fourth-order valence-electron chi connectivity index (χ4n) is 1.57. The molecule has 0 spiro atoms. The van der Waals surface area contributed by atoms with Crippen LogP contribution in [0.1, 0.15) is 17.0 Å². The molecule has 1 nitrogen and oxygen atoms in total. The van der Waals surface area contributed by atoms with Crippen molar-refractivity contribution in [2.45, 2.75) is 18.3 Å². The van der Waals surface area contributed by atoms with Gasteiger partial charge < -0.3 is 5.73 Å². The summed E-state index contributed by atoms with van der Waals surface area (Å²) in [4.78, 5) is 0. The lowest BCUT2D eigenvalue weighted by Gasteiger charge is -2.23. The van der Waals surface area contributed by atoms with Crippen molar-refractivity contribution in [1.82, 2.24) is 0 Å². The quantitative estimate of drug-likeness (QED) is 0.837. The maximum Gasteiger partial charge on any atom is 0.404 e. The lowest BCUT2D eigenvalue weighted by atomic mass is 9.96. The third-order valence-electron chi connectivity index (χ3n) is 2.37. The lowest BCUT2D eigenvalue weighted by molar-refractivity contribution is -0.253. The van der Waals surface area contributed by atoms with Gasteiger partial charge in [-0.15, -0.1) is 0 Å². The minimum Gasteiger partial charge on any atom is -0.327 e. The first-order chi connectivity index (χ1) is 8.66. The minimum atomic E-state index is -5.37. The maximum atomic E-state index is 12.5. The molecule has 0 aliphatic carbocycles. The van der Waals surface area contributed by atoms with E-state index in [-0.39, 0.29) is 6.54 Å². The summed E-state index contributed by atoms with van der Waals surface area (Å²) in [6, 6.07) is 4.02. The minimum absolute atomic E-state index is 0.232. The van der Waals surface area contributed by atoms with E-state index in [9.17, 15) is 26.3 Å². The fourth-order valence-corrected chi connectivity index (χ4v) is 1.57. The molecule has 106 valence electrons. The first-order valence-electron chi connectivity index (χ1n) is 5.26.